The molecule has 0 atom stereocenters. The number of hydrogen-bond acceptors (Lipinski definition) is 4. The average Bonchev–Trinajstić information content (AvgIpc) is 2.51. The lowest BCUT2D eigenvalue weighted by Gasteiger charge is -2.39. The lowest BCUT2D eigenvalue weighted by Crippen LogP contribution is -2.59. The van der Waals surface area contributed by atoms with Gasteiger partial charge in [0.25, 0.3) is 0 Å². The molecule has 0 aromatic heterocycles. The van der Waals surface area contributed by atoms with Gasteiger partial charge in [-0.25, -0.2) is 0 Å². The standard InChI is InChI=1S/C15H29N3O3/c1-3-12-7-9-15(10-8-12,14(16)18-20)17-13(19)6-5-11-21-4-2/h12,20H,3-11H2,1-2H3,(H2,16,18)(H,17,19). The van der Waals surface area contributed by atoms with E-state index in [0.717, 1.165) is 32.1 Å². The number of amides is 1. The highest BCUT2D eigenvalue weighted by Gasteiger charge is 2.40. The van der Waals surface area contributed by atoms with Gasteiger partial charge in [0.2, 0.25) is 5.91 Å². The smallest absolute Gasteiger partial charge is 0.220 e. The number of amidine groups is 1. The molecule has 4 N–H and O–H groups in total. The van der Waals surface area contributed by atoms with E-state index in [0.29, 0.717) is 32.0 Å². The van der Waals surface area contributed by atoms with Crippen molar-refractivity contribution in [2.45, 2.75) is 64.3 Å². The SMILES string of the molecule is CCOCCCC(=O)NC1(C(N)=NO)CCC(CC)CC1. The summed E-state index contributed by atoms with van der Waals surface area (Å²) in [6, 6.07) is 0. The van der Waals surface area contributed by atoms with Gasteiger partial charge in [0.05, 0.1) is 0 Å². The predicted octanol–water partition coefficient (Wildman–Crippen LogP) is 2.00. The van der Waals surface area contributed by atoms with Gasteiger partial charge in [0.1, 0.15) is 5.54 Å². The molecule has 0 aromatic rings. The Bertz CT molecular complexity index is 350. The summed E-state index contributed by atoms with van der Waals surface area (Å²) in [5.74, 6) is 0.728. The molecule has 1 rings (SSSR count). The third kappa shape index (κ3) is 5.19. The summed E-state index contributed by atoms with van der Waals surface area (Å²) < 4.78 is 5.23. The zero-order valence-corrected chi connectivity index (χ0v) is 13.2. The molecule has 1 amide bonds. The molecule has 1 saturated carbocycles. The number of nitrogens with one attached hydrogen (secondary N) is 1. The number of rotatable bonds is 8. The van der Waals surface area contributed by atoms with Crippen LogP contribution in [0.25, 0.3) is 0 Å². The van der Waals surface area contributed by atoms with E-state index in [1.165, 1.54) is 0 Å². The van der Waals surface area contributed by atoms with Gasteiger partial charge in [0.15, 0.2) is 5.84 Å². The Labute approximate surface area is 127 Å². The molecule has 1 aliphatic carbocycles. The zero-order chi connectivity index (χ0) is 15.7. The maximum absolute atomic E-state index is 12.1. The summed E-state index contributed by atoms with van der Waals surface area (Å²) in [4.78, 5) is 12.1. The van der Waals surface area contributed by atoms with Crippen LogP contribution in [0.5, 0.6) is 0 Å². The number of carbonyl (C=O) groups excluding carboxylic acids is 1. The van der Waals surface area contributed by atoms with E-state index in [1.54, 1.807) is 0 Å². The van der Waals surface area contributed by atoms with Crippen LogP contribution in [0, 0.1) is 5.92 Å². The third-order valence-corrected chi connectivity index (χ3v) is 4.41. The Morgan fingerprint density at radius 2 is 2.10 bits per heavy atom. The lowest BCUT2D eigenvalue weighted by atomic mass is 9.75. The first-order valence-corrected chi connectivity index (χ1v) is 7.94. The first kappa shape index (κ1) is 17.8. The fourth-order valence-electron chi connectivity index (χ4n) is 2.93. The molecule has 0 bridgehead atoms. The number of ether oxygens (including phenoxy) is 1. The van der Waals surface area contributed by atoms with E-state index in [4.69, 9.17) is 15.7 Å². The zero-order valence-electron chi connectivity index (χ0n) is 13.2. The van der Waals surface area contributed by atoms with Crippen LogP contribution >= 0.6 is 0 Å². The molecule has 0 aliphatic heterocycles. The van der Waals surface area contributed by atoms with Crippen LogP contribution < -0.4 is 11.1 Å². The van der Waals surface area contributed by atoms with Gasteiger partial charge in [-0.1, -0.05) is 18.5 Å². The van der Waals surface area contributed by atoms with Crippen LogP contribution in [-0.4, -0.2) is 35.7 Å². The molecule has 0 spiro atoms. The van der Waals surface area contributed by atoms with Crippen molar-refractivity contribution in [1.29, 1.82) is 0 Å². The molecule has 1 fully saturated rings. The second kappa shape index (κ2) is 8.87. The summed E-state index contributed by atoms with van der Waals surface area (Å²) in [7, 11) is 0. The summed E-state index contributed by atoms with van der Waals surface area (Å²) in [6.45, 7) is 5.35. The van der Waals surface area contributed by atoms with Crippen molar-refractivity contribution in [1.82, 2.24) is 5.32 Å². The van der Waals surface area contributed by atoms with Crippen molar-refractivity contribution < 1.29 is 14.7 Å². The van der Waals surface area contributed by atoms with Crippen molar-refractivity contribution in [3.8, 4) is 0 Å². The van der Waals surface area contributed by atoms with Gasteiger partial charge in [-0.05, 0) is 44.9 Å². The van der Waals surface area contributed by atoms with Crippen LogP contribution in [0.4, 0.5) is 0 Å². The first-order chi connectivity index (χ1) is 10.1. The molecule has 0 saturated heterocycles. The number of oxime groups is 1. The molecule has 0 unspecified atom stereocenters. The molecule has 122 valence electrons. The second-order valence-electron chi connectivity index (χ2n) is 5.77. The Balaban J connectivity index is 2.57. The van der Waals surface area contributed by atoms with Crippen molar-refractivity contribution in [2.24, 2.45) is 16.8 Å². The van der Waals surface area contributed by atoms with Crippen LogP contribution in [0.2, 0.25) is 0 Å². The number of carbonyl (C=O) groups is 1. The van der Waals surface area contributed by atoms with Crippen molar-refractivity contribution >= 4 is 11.7 Å². The first-order valence-electron chi connectivity index (χ1n) is 7.94. The molecule has 0 aromatic carbocycles. The highest BCUT2D eigenvalue weighted by Crippen LogP contribution is 2.34. The minimum absolute atomic E-state index is 0.0590. The van der Waals surface area contributed by atoms with Crippen molar-refractivity contribution in [2.75, 3.05) is 13.2 Å². The topological polar surface area (TPSA) is 96.9 Å². The Morgan fingerprint density at radius 3 is 2.62 bits per heavy atom. The fourth-order valence-corrected chi connectivity index (χ4v) is 2.93. The number of nitrogens with zero attached hydrogens (tertiary/aromatic N) is 1. The maximum atomic E-state index is 12.1. The quantitative estimate of drug-likeness (QED) is 0.210. The number of nitrogens with two attached hydrogens (primary N) is 1. The van der Waals surface area contributed by atoms with Gasteiger partial charge in [-0.3, -0.25) is 4.79 Å². The minimum atomic E-state index is -0.677. The maximum Gasteiger partial charge on any atom is 0.220 e. The molecular weight excluding hydrogens is 270 g/mol. The van der Waals surface area contributed by atoms with Gasteiger partial charge in [0, 0.05) is 19.6 Å². The molecule has 6 nitrogen and oxygen atoms in total. The molecule has 0 heterocycles. The predicted molar refractivity (Wildman–Crippen MR) is 82.3 cm³/mol. The number of hydrogen-bond donors (Lipinski definition) is 3. The van der Waals surface area contributed by atoms with E-state index in [1.807, 2.05) is 6.92 Å². The van der Waals surface area contributed by atoms with Gasteiger partial charge >= 0.3 is 0 Å². The van der Waals surface area contributed by atoms with Gasteiger partial charge in [-0.15, -0.1) is 0 Å². The normalized spacial score (nSPS) is 26.6. The van der Waals surface area contributed by atoms with E-state index in [2.05, 4.69) is 17.4 Å². The van der Waals surface area contributed by atoms with Crippen molar-refractivity contribution in [3.05, 3.63) is 0 Å². The second-order valence-corrected chi connectivity index (χ2v) is 5.77. The monoisotopic (exact) mass is 299 g/mol. The lowest BCUT2D eigenvalue weighted by molar-refractivity contribution is -0.123. The van der Waals surface area contributed by atoms with E-state index in [-0.39, 0.29) is 11.7 Å². The largest absolute Gasteiger partial charge is 0.409 e. The Kier molecular flexibility index (Phi) is 7.50. The Hall–Kier alpha value is -1.30. The summed E-state index contributed by atoms with van der Waals surface area (Å²) in [5, 5.41) is 15.2. The minimum Gasteiger partial charge on any atom is -0.409 e. The Morgan fingerprint density at radius 1 is 1.43 bits per heavy atom. The molecule has 21 heavy (non-hydrogen) atoms. The highest BCUT2D eigenvalue weighted by atomic mass is 16.5. The van der Waals surface area contributed by atoms with Crippen LogP contribution in [-0.2, 0) is 9.53 Å². The average molecular weight is 299 g/mol. The fraction of sp³-hybridized carbons (Fsp3) is 0.867. The van der Waals surface area contributed by atoms with E-state index in [9.17, 15) is 4.79 Å². The van der Waals surface area contributed by atoms with Crippen LogP contribution in [0.15, 0.2) is 5.16 Å². The van der Waals surface area contributed by atoms with Crippen LogP contribution in [0.1, 0.15) is 58.8 Å². The van der Waals surface area contributed by atoms with E-state index < -0.39 is 5.54 Å². The van der Waals surface area contributed by atoms with E-state index >= 15 is 0 Å². The van der Waals surface area contributed by atoms with Gasteiger partial charge in [-0.2, -0.15) is 0 Å². The molecule has 6 heteroatoms. The van der Waals surface area contributed by atoms with Crippen LogP contribution in [0.3, 0.4) is 0 Å². The van der Waals surface area contributed by atoms with Gasteiger partial charge < -0.3 is 21.0 Å². The molecule has 1 aliphatic rings. The summed E-state index contributed by atoms with van der Waals surface area (Å²) >= 11 is 0. The highest BCUT2D eigenvalue weighted by molar-refractivity contribution is 5.94. The summed E-state index contributed by atoms with van der Waals surface area (Å²) in [5.41, 5.74) is 5.18. The van der Waals surface area contributed by atoms with Crippen molar-refractivity contribution in [3.63, 3.8) is 0 Å². The molecule has 0 radical (unpaired) electrons. The third-order valence-electron chi connectivity index (χ3n) is 4.41. The molecular formula is C15H29N3O3. The summed E-state index contributed by atoms with van der Waals surface area (Å²) in [6.07, 6.45) is 5.67.